The fraction of sp³-hybridized carbons (Fsp3) is 0.381. The van der Waals surface area contributed by atoms with Gasteiger partial charge in [0.05, 0.1) is 13.0 Å². The quantitative estimate of drug-likeness (QED) is 0.769. The summed E-state index contributed by atoms with van der Waals surface area (Å²) in [5.74, 6) is 0.941. The van der Waals surface area contributed by atoms with E-state index >= 15 is 0 Å². The Hall–Kier alpha value is -2.49. The highest BCUT2D eigenvalue weighted by Gasteiger charge is 2.10. The molecular weight excluding hydrogens is 312 g/mol. The molecule has 0 radical (unpaired) electrons. The van der Waals surface area contributed by atoms with Crippen LogP contribution in [-0.4, -0.2) is 38.6 Å². The first-order valence-corrected chi connectivity index (χ1v) is 8.57. The summed E-state index contributed by atoms with van der Waals surface area (Å²) in [6.07, 6.45) is 0.375. The molecular formula is C21H28N2O2. The van der Waals surface area contributed by atoms with Gasteiger partial charge in [0.15, 0.2) is 0 Å². The molecule has 0 saturated heterocycles. The van der Waals surface area contributed by atoms with Gasteiger partial charge in [-0.3, -0.25) is 4.79 Å². The van der Waals surface area contributed by atoms with Crippen molar-refractivity contribution in [1.29, 1.82) is 0 Å². The zero-order chi connectivity index (χ0) is 18.4. The number of hydrogen-bond donors (Lipinski definition) is 0. The van der Waals surface area contributed by atoms with Crippen LogP contribution in [-0.2, 0) is 11.3 Å². The molecule has 0 aromatic heterocycles. The minimum Gasteiger partial charge on any atom is -0.493 e. The van der Waals surface area contributed by atoms with Gasteiger partial charge in [-0.1, -0.05) is 24.3 Å². The number of anilines is 1. The normalized spacial score (nSPS) is 10.4. The van der Waals surface area contributed by atoms with Crippen LogP contribution in [0.3, 0.4) is 0 Å². The van der Waals surface area contributed by atoms with Gasteiger partial charge in [0.2, 0.25) is 5.91 Å². The Balaban J connectivity index is 1.82. The minimum atomic E-state index is 0.0852. The monoisotopic (exact) mass is 340 g/mol. The molecule has 0 saturated carbocycles. The summed E-state index contributed by atoms with van der Waals surface area (Å²) in [5.41, 5.74) is 4.52. The first-order valence-electron chi connectivity index (χ1n) is 8.57. The fourth-order valence-corrected chi connectivity index (χ4v) is 2.56. The van der Waals surface area contributed by atoms with E-state index in [1.165, 1.54) is 0 Å². The van der Waals surface area contributed by atoms with Crippen LogP contribution in [0.15, 0.2) is 42.5 Å². The van der Waals surface area contributed by atoms with E-state index in [0.717, 1.165) is 28.1 Å². The van der Waals surface area contributed by atoms with Crippen molar-refractivity contribution in [3.63, 3.8) is 0 Å². The van der Waals surface area contributed by atoms with Gasteiger partial charge in [-0.2, -0.15) is 0 Å². The summed E-state index contributed by atoms with van der Waals surface area (Å²) in [7, 11) is 5.86. The van der Waals surface area contributed by atoms with E-state index in [2.05, 4.69) is 35.2 Å². The van der Waals surface area contributed by atoms with E-state index in [0.29, 0.717) is 19.6 Å². The van der Waals surface area contributed by atoms with E-state index in [1.54, 1.807) is 4.90 Å². The molecule has 0 atom stereocenters. The molecule has 0 heterocycles. The average Bonchev–Trinajstić information content (AvgIpc) is 2.58. The Morgan fingerprint density at radius 2 is 1.68 bits per heavy atom. The lowest BCUT2D eigenvalue weighted by molar-refractivity contribution is -0.130. The van der Waals surface area contributed by atoms with Crippen LogP contribution < -0.4 is 9.64 Å². The Morgan fingerprint density at radius 3 is 2.32 bits per heavy atom. The number of carbonyl (C=O) groups is 1. The van der Waals surface area contributed by atoms with E-state index in [1.807, 2.05) is 47.1 Å². The number of aryl methyl sites for hydroxylation is 2. The second kappa shape index (κ2) is 8.56. The third-order valence-corrected chi connectivity index (χ3v) is 4.22. The number of hydrogen-bond acceptors (Lipinski definition) is 3. The highest BCUT2D eigenvalue weighted by Crippen LogP contribution is 2.19. The second-order valence-corrected chi connectivity index (χ2v) is 6.68. The van der Waals surface area contributed by atoms with Gasteiger partial charge in [-0.05, 0) is 48.7 Å². The van der Waals surface area contributed by atoms with Crippen molar-refractivity contribution in [2.75, 3.05) is 32.6 Å². The van der Waals surface area contributed by atoms with Crippen molar-refractivity contribution in [3.05, 3.63) is 59.2 Å². The van der Waals surface area contributed by atoms with Crippen LogP contribution in [0.2, 0.25) is 0 Å². The Bertz CT molecular complexity index is 708. The average molecular weight is 340 g/mol. The molecule has 25 heavy (non-hydrogen) atoms. The third kappa shape index (κ3) is 5.52. The van der Waals surface area contributed by atoms with E-state index < -0.39 is 0 Å². The van der Waals surface area contributed by atoms with Gasteiger partial charge in [-0.15, -0.1) is 0 Å². The molecule has 0 aliphatic rings. The van der Waals surface area contributed by atoms with Crippen LogP contribution >= 0.6 is 0 Å². The van der Waals surface area contributed by atoms with Gasteiger partial charge in [-0.25, -0.2) is 0 Å². The number of nitrogens with zero attached hydrogens (tertiary/aromatic N) is 2. The molecule has 4 heteroatoms. The Labute approximate surface area is 151 Å². The first kappa shape index (κ1) is 18.8. The number of ether oxygens (including phenoxy) is 1. The summed E-state index contributed by atoms with van der Waals surface area (Å²) in [5, 5.41) is 0. The smallest absolute Gasteiger partial charge is 0.226 e. The molecule has 0 bridgehead atoms. The maximum atomic E-state index is 12.3. The van der Waals surface area contributed by atoms with Crippen LogP contribution in [0.4, 0.5) is 5.69 Å². The first-order chi connectivity index (χ1) is 11.9. The number of rotatable bonds is 7. The van der Waals surface area contributed by atoms with E-state index in [4.69, 9.17) is 4.74 Å². The molecule has 2 aromatic carbocycles. The summed E-state index contributed by atoms with van der Waals surface area (Å²) >= 11 is 0. The molecule has 4 nitrogen and oxygen atoms in total. The van der Waals surface area contributed by atoms with Crippen molar-refractivity contribution in [2.24, 2.45) is 0 Å². The van der Waals surface area contributed by atoms with E-state index in [-0.39, 0.29) is 5.91 Å². The molecule has 0 spiro atoms. The molecule has 0 aliphatic heterocycles. The van der Waals surface area contributed by atoms with E-state index in [9.17, 15) is 4.79 Å². The van der Waals surface area contributed by atoms with Crippen molar-refractivity contribution in [1.82, 2.24) is 4.90 Å². The van der Waals surface area contributed by atoms with Gasteiger partial charge in [0, 0.05) is 33.4 Å². The van der Waals surface area contributed by atoms with Crippen molar-refractivity contribution in [2.45, 2.75) is 26.8 Å². The molecule has 0 N–H and O–H groups in total. The topological polar surface area (TPSA) is 32.8 Å². The summed E-state index contributed by atoms with van der Waals surface area (Å²) in [6.45, 7) is 5.05. The highest BCUT2D eigenvalue weighted by atomic mass is 16.5. The standard InChI is InChI=1S/C21H28N2O2/c1-16-6-7-17(2)20(14-16)25-13-12-21(24)23(5)15-18-8-10-19(11-9-18)22(3)4/h6-11,14H,12-13,15H2,1-5H3. The molecule has 2 aromatic rings. The van der Waals surface area contributed by atoms with Gasteiger partial charge >= 0.3 is 0 Å². The van der Waals surface area contributed by atoms with Crippen LogP contribution in [0.5, 0.6) is 5.75 Å². The summed E-state index contributed by atoms with van der Waals surface area (Å²) in [4.78, 5) is 16.1. The van der Waals surface area contributed by atoms with Crippen LogP contribution in [0.1, 0.15) is 23.1 Å². The zero-order valence-electron chi connectivity index (χ0n) is 15.9. The molecule has 2 rings (SSSR count). The Morgan fingerprint density at radius 1 is 1.00 bits per heavy atom. The Kier molecular flexibility index (Phi) is 6.45. The lowest BCUT2D eigenvalue weighted by Crippen LogP contribution is -2.27. The zero-order valence-corrected chi connectivity index (χ0v) is 15.9. The van der Waals surface area contributed by atoms with Crippen molar-refractivity contribution < 1.29 is 9.53 Å². The van der Waals surface area contributed by atoms with Gasteiger partial charge < -0.3 is 14.5 Å². The molecule has 134 valence electrons. The number of carbonyl (C=O) groups excluding carboxylic acids is 1. The van der Waals surface area contributed by atoms with Gasteiger partial charge in [0.25, 0.3) is 0 Å². The fourth-order valence-electron chi connectivity index (χ4n) is 2.56. The molecule has 0 aliphatic carbocycles. The van der Waals surface area contributed by atoms with Crippen LogP contribution in [0.25, 0.3) is 0 Å². The SMILES string of the molecule is Cc1ccc(C)c(OCCC(=O)N(C)Cc2ccc(N(C)C)cc2)c1. The summed E-state index contributed by atoms with van der Waals surface area (Å²) < 4.78 is 5.78. The van der Waals surface area contributed by atoms with Crippen molar-refractivity contribution in [3.8, 4) is 5.75 Å². The van der Waals surface area contributed by atoms with Crippen LogP contribution in [0, 0.1) is 13.8 Å². The lowest BCUT2D eigenvalue weighted by Gasteiger charge is -2.19. The second-order valence-electron chi connectivity index (χ2n) is 6.68. The maximum absolute atomic E-state index is 12.3. The predicted octanol–water partition coefficient (Wildman–Crippen LogP) is 3.80. The third-order valence-electron chi connectivity index (χ3n) is 4.22. The summed E-state index contributed by atoms with van der Waals surface area (Å²) in [6, 6.07) is 14.4. The molecule has 1 amide bonds. The minimum absolute atomic E-state index is 0.0852. The largest absolute Gasteiger partial charge is 0.493 e. The molecule has 0 fully saturated rings. The lowest BCUT2D eigenvalue weighted by atomic mass is 10.1. The van der Waals surface area contributed by atoms with Gasteiger partial charge in [0.1, 0.15) is 5.75 Å². The highest BCUT2D eigenvalue weighted by molar-refractivity contribution is 5.76. The number of benzene rings is 2. The molecule has 0 unspecified atom stereocenters. The van der Waals surface area contributed by atoms with Crippen molar-refractivity contribution >= 4 is 11.6 Å². The predicted molar refractivity (Wildman–Crippen MR) is 103 cm³/mol. The number of amides is 1. The maximum Gasteiger partial charge on any atom is 0.226 e.